The van der Waals surface area contributed by atoms with E-state index in [2.05, 4.69) is 51.8 Å². The molecule has 0 aliphatic carbocycles. The van der Waals surface area contributed by atoms with Gasteiger partial charge in [0.1, 0.15) is 0 Å². The van der Waals surface area contributed by atoms with Gasteiger partial charge in [0, 0.05) is 25.1 Å². The van der Waals surface area contributed by atoms with Gasteiger partial charge in [-0.2, -0.15) is 5.10 Å². The molecular formula is C15H26BrN3O. The Hall–Kier alpha value is -0.390. The van der Waals surface area contributed by atoms with Crippen LogP contribution in [-0.2, 0) is 17.7 Å². The lowest BCUT2D eigenvalue weighted by Gasteiger charge is -2.37. The zero-order valence-corrected chi connectivity index (χ0v) is 14.4. The molecule has 4 nitrogen and oxygen atoms in total. The third-order valence-corrected chi connectivity index (χ3v) is 5.18. The fourth-order valence-electron chi connectivity index (χ4n) is 3.03. The van der Waals surface area contributed by atoms with E-state index in [0.717, 1.165) is 51.4 Å². The molecule has 0 spiro atoms. The van der Waals surface area contributed by atoms with E-state index in [1.807, 2.05) is 0 Å². The highest BCUT2D eigenvalue weighted by Crippen LogP contribution is 2.35. The lowest BCUT2D eigenvalue weighted by atomic mass is 9.78. The van der Waals surface area contributed by atoms with Crippen LogP contribution in [0.5, 0.6) is 0 Å². The molecule has 1 saturated heterocycles. The Morgan fingerprint density at radius 3 is 2.85 bits per heavy atom. The average Bonchev–Trinajstić information content (AvgIpc) is 2.74. The van der Waals surface area contributed by atoms with Crippen molar-refractivity contribution in [1.29, 1.82) is 0 Å². The topological polar surface area (TPSA) is 39.1 Å². The SMILES string of the molecule is CCNCC1(Cc2c(Br)c(C)nn2CC)CCCOC1. The molecule has 20 heavy (non-hydrogen) atoms. The molecule has 2 rings (SSSR count). The van der Waals surface area contributed by atoms with Gasteiger partial charge in [0.05, 0.1) is 22.5 Å². The summed E-state index contributed by atoms with van der Waals surface area (Å²) in [6.45, 7) is 11.1. The number of hydrogen-bond acceptors (Lipinski definition) is 3. The van der Waals surface area contributed by atoms with Crippen LogP contribution in [0.25, 0.3) is 0 Å². The lowest BCUT2D eigenvalue weighted by Crippen LogP contribution is -2.43. The minimum Gasteiger partial charge on any atom is -0.381 e. The maximum Gasteiger partial charge on any atom is 0.0738 e. The summed E-state index contributed by atoms with van der Waals surface area (Å²) in [5.74, 6) is 0. The van der Waals surface area contributed by atoms with Crippen molar-refractivity contribution >= 4 is 15.9 Å². The Kier molecular flexibility index (Phi) is 5.64. The molecule has 1 aromatic rings. The van der Waals surface area contributed by atoms with E-state index in [-0.39, 0.29) is 5.41 Å². The number of halogens is 1. The predicted molar refractivity (Wildman–Crippen MR) is 85.1 cm³/mol. The van der Waals surface area contributed by atoms with E-state index in [4.69, 9.17) is 4.74 Å². The molecule has 1 N–H and O–H groups in total. The van der Waals surface area contributed by atoms with Gasteiger partial charge < -0.3 is 10.1 Å². The maximum absolute atomic E-state index is 5.79. The van der Waals surface area contributed by atoms with Gasteiger partial charge in [-0.15, -0.1) is 0 Å². The van der Waals surface area contributed by atoms with E-state index in [1.54, 1.807) is 0 Å². The van der Waals surface area contributed by atoms with Crippen molar-refractivity contribution in [1.82, 2.24) is 15.1 Å². The van der Waals surface area contributed by atoms with Crippen molar-refractivity contribution in [2.75, 3.05) is 26.3 Å². The largest absolute Gasteiger partial charge is 0.381 e. The molecule has 0 aromatic carbocycles. The number of rotatable bonds is 6. The lowest BCUT2D eigenvalue weighted by molar-refractivity contribution is -0.00797. The number of aromatic nitrogens is 2. The molecule has 1 aliphatic heterocycles. The first-order valence-electron chi connectivity index (χ1n) is 7.62. The van der Waals surface area contributed by atoms with Crippen LogP contribution in [0.4, 0.5) is 0 Å². The molecule has 0 saturated carbocycles. The first-order chi connectivity index (χ1) is 9.62. The van der Waals surface area contributed by atoms with Crippen LogP contribution in [0.3, 0.4) is 0 Å². The average molecular weight is 344 g/mol. The van der Waals surface area contributed by atoms with Crippen LogP contribution < -0.4 is 5.32 Å². The zero-order valence-electron chi connectivity index (χ0n) is 12.8. The highest BCUT2D eigenvalue weighted by molar-refractivity contribution is 9.10. The van der Waals surface area contributed by atoms with Crippen LogP contribution in [0.15, 0.2) is 4.47 Å². The Bertz CT molecular complexity index is 439. The minimum atomic E-state index is 0.205. The fraction of sp³-hybridized carbons (Fsp3) is 0.800. The van der Waals surface area contributed by atoms with Gasteiger partial charge in [-0.1, -0.05) is 6.92 Å². The monoisotopic (exact) mass is 343 g/mol. The normalized spacial score (nSPS) is 23.2. The summed E-state index contributed by atoms with van der Waals surface area (Å²) in [5.41, 5.74) is 2.60. The number of nitrogens with one attached hydrogen (secondary N) is 1. The maximum atomic E-state index is 5.79. The van der Waals surface area contributed by atoms with Crippen molar-refractivity contribution in [2.45, 2.75) is 46.6 Å². The molecule has 1 atom stereocenters. The molecule has 1 unspecified atom stereocenters. The van der Waals surface area contributed by atoms with Crippen LogP contribution in [-0.4, -0.2) is 36.1 Å². The molecule has 114 valence electrons. The number of hydrogen-bond donors (Lipinski definition) is 1. The summed E-state index contributed by atoms with van der Waals surface area (Å²) in [6, 6.07) is 0. The van der Waals surface area contributed by atoms with E-state index >= 15 is 0 Å². The van der Waals surface area contributed by atoms with Crippen LogP contribution in [0.2, 0.25) is 0 Å². The van der Waals surface area contributed by atoms with Crippen molar-refractivity contribution in [3.63, 3.8) is 0 Å². The number of nitrogens with zero attached hydrogens (tertiary/aromatic N) is 2. The number of aryl methyl sites for hydroxylation is 2. The van der Waals surface area contributed by atoms with Gasteiger partial charge in [-0.25, -0.2) is 0 Å². The van der Waals surface area contributed by atoms with E-state index in [1.165, 1.54) is 16.6 Å². The molecular weight excluding hydrogens is 318 g/mol. The summed E-state index contributed by atoms with van der Waals surface area (Å²) in [5, 5.41) is 8.13. The van der Waals surface area contributed by atoms with Crippen molar-refractivity contribution < 1.29 is 4.74 Å². The van der Waals surface area contributed by atoms with Crippen molar-refractivity contribution in [3.8, 4) is 0 Å². The van der Waals surface area contributed by atoms with Gasteiger partial charge in [0.2, 0.25) is 0 Å². The van der Waals surface area contributed by atoms with Crippen molar-refractivity contribution in [3.05, 3.63) is 15.9 Å². The predicted octanol–water partition coefficient (Wildman–Crippen LogP) is 2.92. The third kappa shape index (κ3) is 3.43. The number of ether oxygens (including phenoxy) is 1. The molecule has 0 bridgehead atoms. The van der Waals surface area contributed by atoms with Gasteiger partial charge in [0.15, 0.2) is 0 Å². The summed E-state index contributed by atoms with van der Waals surface area (Å²) >= 11 is 3.72. The zero-order chi connectivity index (χ0) is 14.6. The summed E-state index contributed by atoms with van der Waals surface area (Å²) in [6.07, 6.45) is 3.40. The van der Waals surface area contributed by atoms with Crippen LogP contribution >= 0.6 is 15.9 Å². The first kappa shape index (κ1) is 16.0. The van der Waals surface area contributed by atoms with E-state index < -0.39 is 0 Å². The van der Waals surface area contributed by atoms with Gasteiger partial charge in [-0.3, -0.25) is 4.68 Å². The standard InChI is InChI=1S/C15H26BrN3O/c1-4-17-10-15(7-6-8-20-11-15)9-13-14(16)12(3)18-19(13)5-2/h17H,4-11H2,1-3H3. The molecule has 1 aromatic heterocycles. The second-order valence-corrected chi connectivity index (χ2v) is 6.57. The third-order valence-electron chi connectivity index (χ3n) is 4.15. The van der Waals surface area contributed by atoms with E-state index in [9.17, 15) is 0 Å². The van der Waals surface area contributed by atoms with E-state index in [0.29, 0.717) is 0 Å². The molecule has 1 fully saturated rings. The van der Waals surface area contributed by atoms with Gasteiger partial charge in [0.25, 0.3) is 0 Å². The molecule has 0 amide bonds. The highest BCUT2D eigenvalue weighted by atomic mass is 79.9. The molecule has 5 heteroatoms. The highest BCUT2D eigenvalue weighted by Gasteiger charge is 2.34. The Morgan fingerprint density at radius 2 is 2.25 bits per heavy atom. The Balaban J connectivity index is 2.22. The quantitative estimate of drug-likeness (QED) is 0.863. The second-order valence-electron chi connectivity index (χ2n) is 5.78. The van der Waals surface area contributed by atoms with Crippen LogP contribution in [0, 0.1) is 12.3 Å². The molecule has 1 aliphatic rings. The van der Waals surface area contributed by atoms with Gasteiger partial charge in [-0.05, 0) is 55.6 Å². The Morgan fingerprint density at radius 1 is 1.45 bits per heavy atom. The van der Waals surface area contributed by atoms with Crippen molar-refractivity contribution in [2.24, 2.45) is 5.41 Å². The molecule has 2 heterocycles. The minimum absolute atomic E-state index is 0.205. The Labute approximate surface area is 130 Å². The van der Waals surface area contributed by atoms with Gasteiger partial charge >= 0.3 is 0 Å². The first-order valence-corrected chi connectivity index (χ1v) is 8.41. The fourth-order valence-corrected chi connectivity index (χ4v) is 3.46. The summed E-state index contributed by atoms with van der Waals surface area (Å²) in [7, 11) is 0. The van der Waals surface area contributed by atoms with Crippen LogP contribution in [0.1, 0.15) is 38.1 Å². The molecule has 0 radical (unpaired) electrons. The summed E-state index contributed by atoms with van der Waals surface area (Å²) < 4.78 is 9.08. The smallest absolute Gasteiger partial charge is 0.0738 e. The second kappa shape index (κ2) is 7.05. The summed E-state index contributed by atoms with van der Waals surface area (Å²) in [4.78, 5) is 0.